The van der Waals surface area contributed by atoms with Gasteiger partial charge in [-0.2, -0.15) is 4.31 Å². The van der Waals surface area contributed by atoms with E-state index in [1.54, 1.807) is 45.6 Å². The van der Waals surface area contributed by atoms with E-state index in [0.29, 0.717) is 54.9 Å². The number of hydrogen-bond donors (Lipinski definition) is 1. The fourth-order valence-corrected chi connectivity index (χ4v) is 9.08. The Hall–Kier alpha value is -3.22. The van der Waals surface area contributed by atoms with E-state index in [0.717, 1.165) is 12.0 Å². The smallest absolute Gasteiger partial charge is 0.409 e. The molecule has 3 aliphatic heterocycles. The molecule has 2 aromatic rings. The molecule has 11 nitrogen and oxygen atoms in total. The Morgan fingerprint density at radius 2 is 1.96 bits per heavy atom. The van der Waals surface area contributed by atoms with Crippen molar-refractivity contribution in [3.63, 3.8) is 0 Å². The number of Topliss-reactive ketones (excluding diaryl/α,β-unsaturated/α-hetero) is 1. The van der Waals surface area contributed by atoms with Crippen LogP contribution < -0.4 is 5.32 Å². The number of sulfonamides is 1. The van der Waals surface area contributed by atoms with Gasteiger partial charge in [-0.15, -0.1) is 0 Å². The number of ether oxygens (including phenoxy) is 1. The van der Waals surface area contributed by atoms with Gasteiger partial charge in [0.15, 0.2) is 0 Å². The number of carbonyl (C=O) groups excluding carboxylic acids is 2. The van der Waals surface area contributed by atoms with Crippen molar-refractivity contribution in [2.24, 2.45) is 5.11 Å². The normalized spacial score (nSPS) is 24.5. The molecule has 1 N–H and O–H groups in total. The van der Waals surface area contributed by atoms with Gasteiger partial charge in [0.1, 0.15) is 17.6 Å². The van der Waals surface area contributed by atoms with Gasteiger partial charge in [0.25, 0.3) is 0 Å². The van der Waals surface area contributed by atoms with E-state index in [4.69, 9.17) is 16.3 Å². The van der Waals surface area contributed by atoms with Crippen molar-refractivity contribution < 1.29 is 27.1 Å². The van der Waals surface area contributed by atoms with E-state index < -0.39 is 33.4 Å². The molecule has 45 heavy (non-hydrogen) atoms. The number of nitrogens with zero attached hydrogens (tertiary/aromatic N) is 5. The number of azide groups is 1. The van der Waals surface area contributed by atoms with Gasteiger partial charge < -0.3 is 15.0 Å². The first-order valence-corrected chi connectivity index (χ1v) is 17.2. The summed E-state index contributed by atoms with van der Waals surface area (Å²) in [5.74, 6) is -0.743. The molecule has 4 atom stereocenters. The fourth-order valence-electron chi connectivity index (χ4n) is 7.14. The average molecular weight is 661 g/mol. The lowest BCUT2D eigenvalue weighted by molar-refractivity contribution is -0.121. The minimum Gasteiger partial charge on any atom is -0.453 e. The number of carbonyl (C=O) groups is 2. The predicted octanol–water partition coefficient (Wildman–Crippen LogP) is 4.77. The van der Waals surface area contributed by atoms with E-state index in [1.165, 1.54) is 13.2 Å². The van der Waals surface area contributed by atoms with Crippen LogP contribution in [-0.2, 0) is 37.8 Å². The summed E-state index contributed by atoms with van der Waals surface area (Å²) < 4.78 is 47.7. The molecular weight excluding hydrogens is 623 g/mol. The second-order valence-corrected chi connectivity index (χ2v) is 14.6. The average Bonchev–Trinajstić information content (AvgIpc) is 3.15. The summed E-state index contributed by atoms with van der Waals surface area (Å²) in [6, 6.07) is 10.2. The third-order valence-electron chi connectivity index (χ3n) is 9.57. The highest BCUT2D eigenvalue weighted by molar-refractivity contribution is 7.89. The standard InChI is InChI=1S/C31H38ClFN6O5S/c1-44-30(41)38-15-13-31(14-16-38,22-7-9-23(32)10-8-22)29(36-37-34)28(40)18-21-4-2-6-27(33)26(21)12-11-25-19-35-24-5-3-17-45(42,43)39(25)20-24/h2,4,6-10,24-25,29,35H,3,5,11-20H2,1H3/t24-,25+,29-/m1/s1. The molecule has 3 heterocycles. The molecule has 3 saturated heterocycles. The van der Waals surface area contributed by atoms with Crippen molar-refractivity contribution in [3.8, 4) is 0 Å². The molecule has 2 bridgehead atoms. The summed E-state index contributed by atoms with van der Waals surface area (Å²) in [6.45, 7) is 1.45. The molecule has 0 spiro atoms. The van der Waals surface area contributed by atoms with Gasteiger partial charge in [0.05, 0.1) is 12.9 Å². The first-order chi connectivity index (χ1) is 21.6. The zero-order chi connectivity index (χ0) is 32.2. The third kappa shape index (κ3) is 7.12. The van der Waals surface area contributed by atoms with Gasteiger partial charge in [0, 0.05) is 60.0 Å². The predicted molar refractivity (Wildman–Crippen MR) is 168 cm³/mol. The number of amides is 1. The van der Waals surface area contributed by atoms with E-state index >= 15 is 4.39 Å². The molecule has 2 aromatic carbocycles. The zero-order valence-corrected chi connectivity index (χ0v) is 26.8. The van der Waals surface area contributed by atoms with Crippen molar-refractivity contribution in [1.29, 1.82) is 0 Å². The summed E-state index contributed by atoms with van der Waals surface area (Å²) in [4.78, 5) is 31.0. The summed E-state index contributed by atoms with van der Waals surface area (Å²) in [6.07, 6.45) is 2.02. The lowest BCUT2D eigenvalue weighted by Crippen LogP contribution is -2.57. The lowest BCUT2D eigenvalue weighted by atomic mass is 9.66. The quantitative estimate of drug-likeness (QED) is 0.233. The Kier molecular flexibility index (Phi) is 10.3. The first kappa shape index (κ1) is 33.2. The molecule has 0 aromatic heterocycles. The topological polar surface area (TPSA) is 145 Å². The molecule has 1 unspecified atom stereocenters. The monoisotopic (exact) mass is 660 g/mol. The largest absolute Gasteiger partial charge is 0.453 e. The molecule has 14 heteroatoms. The van der Waals surface area contributed by atoms with Gasteiger partial charge in [-0.05, 0) is 78.9 Å². The number of methoxy groups -OCH3 is 1. The number of piperidine rings is 1. The molecule has 3 fully saturated rings. The third-order valence-corrected chi connectivity index (χ3v) is 11.8. The van der Waals surface area contributed by atoms with Crippen LogP contribution >= 0.6 is 11.6 Å². The molecule has 0 saturated carbocycles. The summed E-state index contributed by atoms with van der Waals surface area (Å²) in [5, 5.41) is 7.97. The number of halogens is 2. The van der Waals surface area contributed by atoms with Crippen LogP contribution in [0.15, 0.2) is 47.6 Å². The molecule has 0 radical (unpaired) electrons. The first-order valence-electron chi connectivity index (χ1n) is 15.2. The van der Waals surface area contributed by atoms with Gasteiger partial charge in [-0.3, -0.25) is 4.79 Å². The Labute approximate surface area is 267 Å². The maximum Gasteiger partial charge on any atom is 0.409 e. The van der Waals surface area contributed by atoms with E-state index in [9.17, 15) is 23.5 Å². The second-order valence-electron chi connectivity index (χ2n) is 12.1. The van der Waals surface area contributed by atoms with Crippen LogP contribution in [0.25, 0.3) is 10.4 Å². The van der Waals surface area contributed by atoms with Crippen molar-refractivity contribution in [1.82, 2.24) is 14.5 Å². The summed E-state index contributed by atoms with van der Waals surface area (Å²) >= 11 is 6.17. The van der Waals surface area contributed by atoms with Crippen molar-refractivity contribution in [3.05, 3.63) is 80.4 Å². The van der Waals surface area contributed by atoms with E-state index in [-0.39, 0.29) is 49.6 Å². The zero-order valence-electron chi connectivity index (χ0n) is 25.2. The highest BCUT2D eigenvalue weighted by atomic mass is 35.5. The molecule has 3 aliphatic rings. The number of fused-ring (bicyclic) bond motifs is 2. The number of rotatable bonds is 9. The Balaban J connectivity index is 1.40. The highest BCUT2D eigenvalue weighted by Crippen LogP contribution is 2.42. The summed E-state index contributed by atoms with van der Waals surface area (Å²) in [5.41, 5.74) is 10.2. The second kappa shape index (κ2) is 14.0. The number of piperazine rings is 1. The number of benzene rings is 2. The molecule has 0 aliphatic carbocycles. The Morgan fingerprint density at radius 3 is 2.64 bits per heavy atom. The van der Waals surface area contributed by atoms with Crippen LogP contribution in [0.1, 0.15) is 48.8 Å². The van der Waals surface area contributed by atoms with E-state index in [2.05, 4.69) is 15.3 Å². The summed E-state index contributed by atoms with van der Waals surface area (Å²) in [7, 11) is -2.10. The lowest BCUT2D eigenvalue weighted by Gasteiger charge is -2.44. The van der Waals surface area contributed by atoms with Crippen molar-refractivity contribution in [2.45, 2.75) is 68.5 Å². The van der Waals surface area contributed by atoms with Crippen LogP contribution in [0.2, 0.25) is 5.02 Å². The van der Waals surface area contributed by atoms with Crippen LogP contribution in [0.5, 0.6) is 0 Å². The molecule has 1 amide bonds. The van der Waals surface area contributed by atoms with Gasteiger partial charge in [-0.1, -0.05) is 41.0 Å². The number of ketones is 1. The molecule has 242 valence electrons. The van der Waals surface area contributed by atoms with Crippen LogP contribution in [0, 0.1) is 5.82 Å². The number of hydrogen-bond acceptors (Lipinski definition) is 7. The van der Waals surface area contributed by atoms with Gasteiger partial charge >= 0.3 is 6.09 Å². The maximum atomic E-state index is 15.4. The van der Waals surface area contributed by atoms with Gasteiger partial charge in [-0.25, -0.2) is 17.6 Å². The number of nitrogens with one attached hydrogen (secondary N) is 1. The van der Waals surface area contributed by atoms with Crippen LogP contribution in [0.3, 0.4) is 0 Å². The maximum absolute atomic E-state index is 15.4. The fraction of sp³-hybridized carbons (Fsp3) is 0.548. The van der Waals surface area contributed by atoms with Crippen molar-refractivity contribution >= 4 is 33.5 Å². The van der Waals surface area contributed by atoms with Crippen LogP contribution in [0.4, 0.5) is 9.18 Å². The van der Waals surface area contributed by atoms with E-state index in [1.807, 2.05) is 0 Å². The van der Waals surface area contributed by atoms with Crippen LogP contribution in [-0.4, -0.2) is 86.7 Å². The minimum absolute atomic E-state index is 0.106. The highest BCUT2D eigenvalue weighted by Gasteiger charge is 2.47. The SMILES string of the molecule is COC(=O)N1CCC(c2ccc(Cl)cc2)([C@H](N=[N+]=[N-])C(=O)Cc2cccc(F)c2CC[C@H]2CN[C@@H]3CCCS(=O)(=O)N2C3)CC1. The van der Waals surface area contributed by atoms with Gasteiger partial charge in [0.2, 0.25) is 10.0 Å². The Bertz CT molecular complexity index is 1560. The Morgan fingerprint density at radius 1 is 1.22 bits per heavy atom. The molecule has 5 rings (SSSR count). The molecular formula is C31H38ClFN6O5S. The van der Waals surface area contributed by atoms with Crippen molar-refractivity contribution in [2.75, 3.05) is 39.0 Å². The minimum atomic E-state index is -3.40. The number of likely N-dealkylation sites (tertiary alicyclic amines) is 1.